The predicted molar refractivity (Wildman–Crippen MR) is 97.5 cm³/mol. The van der Waals surface area contributed by atoms with Crippen LogP contribution in [-0.4, -0.2) is 51.0 Å². The molecule has 0 aromatic carbocycles. The van der Waals surface area contributed by atoms with Gasteiger partial charge in [-0.2, -0.15) is 5.10 Å². The number of hydrogen-bond donors (Lipinski definition) is 1. The van der Waals surface area contributed by atoms with E-state index in [1.54, 1.807) is 6.07 Å². The van der Waals surface area contributed by atoms with E-state index in [-0.39, 0.29) is 17.7 Å². The van der Waals surface area contributed by atoms with Crippen LogP contribution in [0.3, 0.4) is 0 Å². The molecule has 2 amide bonds. The van der Waals surface area contributed by atoms with E-state index in [0.717, 1.165) is 43.7 Å². The molecule has 4 rings (SSSR count). The van der Waals surface area contributed by atoms with Crippen LogP contribution in [0.15, 0.2) is 29.1 Å². The third kappa shape index (κ3) is 3.90. The van der Waals surface area contributed by atoms with Crippen LogP contribution in [0, 0.1) is 5.92 Å². The SMILES string of the molecule is NC(=O)C1CCCN(Cc2cc3n(n2)CCCN(C(=O)c2ccoc2)C3)C1. The van der Waals surface area contributed by atoms with Gasteiger partial charge < -0.3 is 15.1 Å². The minimum Gasteiger partial charge on any atom is -0.472 e. The normalized spacial score (nSPS) is 20.9. The number of aromatic nitrogens is 2. The fourth-order valence-electron chi connectivity index (χ4n) is 4.00. The van der Waals surface area contributed by atoms with Crippen LogP contribution >= 0.6 is 0 Å². The summed E-state index contributed by atoms with van der Waals surface area (Å²) >= 11 is 0. The van der Waals surface area contributed by atoms with Gasteiger partial charge in [0.15, 0.2) is 0 Å². The number of hydrogen-bond acceptors (Lipinski definition) is 5. The van der Waals surface area contributed by atoms with Gasteiger partial charge in [-0.3, -0.25) is 19.2 Å². The number of carbonyl (C=O) groups excluding carboxylic acids is 2. The van der Waals surface area contributed by atoms with E-state index in [1.807, 2.05) is 9.58 Å². The van der Waals surface area contributed by atoms with Gasteiger partial charge >= 0.3 is 0 Å². The van der Waals surface area contributed by atoms with E-state index >= 15 is 0 Å². The molecule has 0 bridgehead atoms. The first kappa shape index (κ1) is 17.8. The van der Waals surface area contributed by atoms with Crippen LogP contribution in [0.1, 0.15) is 41.0 Å². The Morgan fingerprint density at radius 3 is 2.93 bits per heavy atom. The summed E-state index contributed by atoms with van der Waals surface area (Å²) in [5, 5.41) is 4.73. The fraction of sp³-hybridized carbons (Fsp3) is 0.526. The lowest BCUT2D eigenvalue weighted by molar-refractivity contribution is -0.123. The summed E-state index contributed by atoms with van der Waals surface area (Å²) in [6.45, 7) is 4.41. The van der Waals surface area contributed by atoms with E-state index in [2.05, 4.69) is 11.0 Å². The smallest absolute Gasteiger partial charge is 0.257 e. The van der Waals surface area contributed by atoms with Crippen molar-refractivity contribution in [2.75, 3.05) is 19.6 Å². The van der Waals surface area contributed by atoms with E-state index in [9.17, 15) is 9.59 Å². The zero-order chi connectivity index (χ0) is 18.8. The van der Waals surface area contributed by atoms with Crippen molar-refractivity contribution in [3.05, 3.63) is 41.6 Å². The van der Waals surface area contributed by atoms with Crippen LogP contribution in [0.5, 0.6) is 0 Å². The van der Waals surface area contributed by atoms with E-state index in [4.69, 9.17) is 15.2 Å². The molecule has 1 fully saturated rings. The summed E-state index contributed by atoms with van der Waals surface area (Å²) in [5.74, 6) is -0.295. The average molecular weight is 371 g/mol. The molecule has 27 heavy (non-hydrogen) atoms. The number of primary amides is 1. The second kappa shape index (κ2) is 7.56. The molecule has 8 heteroatoms. The van der Waals surface area contributed by atoms with Crippen molar-refractivity contribution in [3.63, 3.8) is 0 Å². The molecule has 2 N–H and O–H groups in total. The van der Waals surface area contributed by atoms with Gasteiger partial charge in [0.2, 0.25) is 5.91 Å². The first-order valence-corrected chi connectivity index (χ1v) is 9.49. The maximum Gasteiger partial charge on any atom is 0.257 e. The van der Waals surface area contributed by atoms with Crippen molar-refractivity contribution < 1.29 is 14.0 Å². The number of nitrogens with two attached hydrogens (primary N) is 1. The molecule has 1 saturated heterocycles. The molecule has 4 heterocycles. The lowest BCUT2D eigenvalue weighted by atomic mass is 9.97. The van der Waals surface area contributed by atoms with Crippen LogP contribution in [0.4, 0.5) is 0 Å². The summed E-state index contributed by atoms with van der Waals surface area (Å²) in [5.41, 5.74) is 8.08. The predicted octanol–water partition coefficient (Wildman–Crippen LogP) is 1.22. The number of furan rings is 1. The summed E-state index contributed by atoms with van der Waals surface area (Å²) in [4.78, 5) is 28.2. The molecule has 2 aromatic rings. The molecule has 0 aliphatic carbocycles. The lowest BCUT2D eigenvalue weighted by Crippen LogP contribution is -2.40. The highest BCUT2D eigenvalue weighted by molar-refractivity contribution is 5.93. The third-order valence-electron chi connectivity index (χ3n) is 5.41. The van der Waals surface area contributed by atoms with Crippen molar-refractivity contribution in [3.8, 4) is 0 Å². The minimum atomic E-state index is -0.214. The Labute approximate surface area is 157 Å². The summed E-state index contributed by atoms with van der Waals surface area (Å²) in [6.07, 6.45) is 5.72. The van der Waals surface area contributed by atoms with Crippen molar-refractivity contribution in [2.24, 2.45) is 11.7 Å². The number of piperidine rings is 1. The van der Waals surface area contributed by atoms with Crippen molar-refractivity contribution >= 4 is 11.8 Å². The highest BCUT2D eigenvalue weighted by Gasteiger charge is 2.26. The molecule has 0 spiro atoms. The Kier molecular flexibility index (Phi) is 4.98. The number of rotatable bonds is 4. The molecule has 144 valence electrons. The van der Waals surface area contributed by atoms with Crippen LogP contribution in [-0.2, 0) is 24.4 Å². The number of nitrogens with zero attached hydrogens (tertiary/aromatic N) is 4. The zero-order valence-electron chi connectivity index (χ0n) is 15.3. The van der Waals surface area contributed by atoms with Crippen molar-refractivity contribution in [1.82, 2.24) is 19.6 Å². The number of carbonyl (C=O) groups is 2. The van der Waals surface area contributed by atoms with Crippen molar-refractivity contribution in [2.45, 2.75) is 38.9 Å². The number of fused-ring (bicyclic) bond motifs is 1. The second-order valence-corrected chi connectivity index (χ2v) is 7.42. The van der Waals surface area contributed by atoms with Gasteiger partial charge in [-0.05, 0) is 37.9 Å². The fourth-order valence-corrected chi connectivity index (χ4v) is 4.00. The van der Waals surface area contributed by atoms with Crippen LogP contribution in [0.25, 0.3) is 0 Å². The number of aryl methyl sites for hydroxylation is 1. The van der Waals surface area contributed by atoms with Gasteiger partial charge in [0.25, 0.3) is 5.91 Å². The van der Waals surface area contributed by atoms with E-state index in [1.165, 1.54) is 12.5 Å². The quantitative estimate of drug-likeness (QED) is 0.871. The maximum absolute atomic E-state index is 12.6. The van der Waals surface area contributed by atoms with E-state index in [0.29, 0.717) is 31.7 Å². The summed E-state index contributed by atoms with van der Waals surface area (Å²) in [7, 11) is 0. The van der Waals surface area contributed by atoms with Crippen LogP contribution in [0.2, 0.25) is 0 Å². The van der Waals surface area contributed by atoms with Gasteiger partial charge in [-0.25, -0.2) is 0 Å². The van der Waals surface area contributed by atoms with Gasteiger partial charge in [0.05, 0.1) is 35.7 Å². The first-order chi connectivity index (χ1) is 13.1. The van der Waals surface area contributed by atoms with E-state index < -0.39 is 0 Å². The molecule has 8 nitrogen and oxygen atoms in total. The molecule has 0 radical (unpaired) electrons. The Balaban J connectivity index is 1.44. The highest BCUT2D eigenvalue weighted by atomic mass is 16.3. The van der Waals surface area contributed by atoms with Gasteiger partial charge in [0, 0.05) is 26.2 Å². The Morgan fingerprint density at radius 2 is 2.15 bits per heavy atom. The molecule has 0 saturated carbocycles. The third-order valence-corrected chi connectivity index (χ3v) is 5.41. The molecule has 2 aliphatic rings. The molecule has 2 aromatic heterocycles. The topological polar surface area (TPSA) is 97.6 Å². The monoisotopic (exact) mass is 371 g/mol. The molecule has 1 unspecified atom stereocenters. The summed E-state index contributed by atoms with van der Waals surface area (Å²) < 4.78 is 7.05. The van der Waals surface area contributed by atoms with Gasteiger partial charge in [0.1, 0.15) is 6.26 Å². The molecule has 2 aliphatic heterocycles. The second-order valence-electron chi connectivity index (χ2n) is 7.42. The Hall–Kier alpha value is -2.61. The van der Waals surface area contributed by atoms with Crippen molar-refractivity contribution in [1.29, 1.82) is 0 Å². The maximum atomic E-state index is 12.6. The molecular formula is C19H25N5O3. The zero-order valence-corrected chi connectivity index (χ0v) is 15.3. The largest absolute Gasteiger partial charge is 0.472 e. The average Bonchev–Trinajstić information content (AvgIpc) is 3.27. The van der Waals surface area contributed by atoms with Gasteiger partial charge in [-0.1, -0.05) is 0 Å². The Morgan fingerprint density at radius 1 is 1.26 bits per heavy atom. The minimum absolute atomic E-state index is 0.0136. The van der Waals surface area contributed by atoms with Gasteiger partial charge in [-0.15, -0.1) is 0 Å². The first-order valence-electron chi connectivity index (χ1n) is 9.49. The number of amides is 2. The number of likely N-dealkylation sites (tertiary alicyclic amines) is 1. The molecule has 1 atom stereocenters. The highest BCUT2D eigenvalue weighted by Crippen LogP contribution is 2.20. The molecular weight excluding hydrogens is 346 g/mol. The van der Waals surface area contributed by atoms with Crippen LogP contribution < -0.4 is 5.73 Å². The summed E-state index contributed by atoms with van der Waals surface area (Å²) in [6, 6.07) is 3.77. The lowest BCUT2D eigenvalue weighted by Gasteiger charge is -2.30. The Bertz CT molecular complexity index is 813. The standard InChI is InChI=1S/C19H25N5O3/c20-18(25)14-3-1-5-22(10-14)11-16-9-17-12-23(6-2-7-24(17)21-16)19(26)15-4-8-27-13-15/h4,8-9,13-14H,1-3,5-7,10-12H2,(H2,20,25).